The summed E-state index contributed by atoms with van der Waals surface area (Å²) < 4.78 is 15.4. The Bertz CT molecular complexity index is 1860. The van der Waals surface area contributed by atoms with E-state index in [1.807, 2.05) is 24.3 Å². The van der Waals surface area contributed by atoms with Crippen molar-refractivity contribution in [1.29, 1.82) is 0 Å². The number of hydrogen-bond donors (Lipinski definition) is 1. The van der Waals surface area contributed by atoms with Gasteiger partial charge in [-0.1, -0.05) is 66.7 Å². The lowest BCUT2D eigenvalue weighted by Crippen LogP contribution is -2.06. The Labute approximate surface area is 201 Å². The average molecular weight is 453 g/mol. The molecule has 2 aliphatic rings. The second-order valence-electron chi connectivity index (χ2n) is 9.01. The van der Waals surface area contributed by atoms with Crippen LogP contribution in [0.2, 0.25) is 0 Å². The summed E-state index contributed by atoms with van der Waals surface area (Å²) in [5.74, 6) is 2.97. The maximum atomic E-state index is 6.74. The molecule has 0 fully saturated rings. The molecule has 0 amide bonds. The Hall–Kier alpha value is -4.70. The molecule has 0 saturated carbocycles. The van der Waals surface area contributed by atoms with Crippen LogP contribution in [0.3, 0.4) is 0 Å². The number of hydrogen-bond acceptors (Lipinski definition) is 3. The number of nitrogens with zero attached hydrogens (tertiary/aromatic N) is 1. The minimum Gasteiger partial charge on any atom is -0.449 e. The predicted molar refractivity (Wildman–Crippen MR) is 142 cm³/mol. The Morgan fingerprint density at radius 2 is 1.51 bits per heavy atom. The lowest BCUT2D eigenvalue weighted by molar-refractivity contribution is 0.366. The van der Waals surface area contributed by atoms with E-state index in [1.54, 1.807) is 0 Å². The molecular weight excluding hydrogens is 432 g/mol. The van der Waals surface area contributed by atoms with Crippen LogP contribution in [0.1, 0.15) is 5.56 Å². The van der Waals surface area contributed by atoms with Crippen molar-refractivity contribution in [2.24, 2.45) is 0 Å². The molecule has 2 aliphatic heterocycles. The molecule has 0 unspecified atom stereocenters. The Kier molecular flexibility index (Phi) is 3.69. The van der Waals surface area contributed by atoms with E-state index in [2.05, 4.69) is 88.8 Å². The fraction of sp³-hybridized carbons (Fsp3) is 0.0323. The molecule has 0 atom stereocenters. The van der Waals surface area contributed by atoms with Crippen LogP contribution in [0.4, 0.5) is 5.69 Å². The minimum atomic E-state index is 0.725. The lowest BCUT2D eigenvalue weighted by atomic mass is 10.1. The number of ether oxygens (including phenoxy) is 2. The van der Waals surface area contributed by atoms with Crippen LogP contribution in [0.5, 0.6) is 23.0 Å². The van der Waals surface area contributed by atoms with Gasteiger partial charge in [0.05, 0.1) is 5.52 Å². The normalized spacial score (nSPS) is 13.6. The summed E-state index contributed by atoms with van der Waals surface area (Å²) in [6, 6.07) is 31.6. The van der Waals surface area contributed by atoms with Crippen LogP contribution < -0.4 is 14.8 Å². The molecule has 0 bridgehead atoms. The molecule has 1 aromatic heterocycles. The molecular formula is C31H20N2O2. The third-order valence-electron chi connectivity index (χ3n) is 7.02. The van der Waals surface area contributed by atoms with Gasteiger partial charge in [-0.05, 0) is 47.3 Å². The summed E-state index contributed by atoms with van der Waals surface area (Å²) in [5.41, 5.74) is 5.55. The fourth-order valence-corrected chi connectivity index (χ4v) is 5.42. The summed E-state index contributed by atoms with van der Waals surface area (Å²) in [6.45, 7) is 0.833. The molecule has 6 aromatic rings. The van der Waals surface area contributed by atoms with Crippen molar-refractivity contribution in [2.45, 2.75) is 0 Å². The van der Waals surface area contributed by atoms with Gasteiger partial charge >= 0.3 is 0 Å². The SMILES string of the molecule is C1=Cc2ccc(-n3c4ccccc4c4ccc5c(c43)Oc3c(ccc4ccccc34)O5)cc2NC1. The molecule has 0 spiro atoms. The Morgan fingerprint density at radius 1 is 0.686 bits per heavy atom. The smallest absolute Gasteiger partial charge is 0.194 e. The van der Waals surface area contributed by atoms with Gasteiger partial charge in [0.25, 0.3) is 0 Å². The minimum absolute atomic E-state index is 0.725. The van der Waals surface area contributed by atoms with Gasteiger partial charge in [0.1, 0.15) is 5.52 Å². The van der Waals surface area contributed by atoms with Crippen molar-refractivity contribution in [2.75, 3.05) is 11.9 Å². The van der Waals surface area contributed by atoms with Crippen molar-refractivity contribution in [3.63, 3.8) is 0 Å². The topological polar surface area (TPSA) is 35.4 Å². The zero-order valence-electron chi connectivity index (χ0n) is 18.8. The first-order valence-electron chi connectivity index (χ1n) is 11.8. The summed E-state index contributed by atoms with van der Waals surface area (Å²) in [5, 5.41) is 7.99. The van der Waals surface area contributed by atoms with Crippen molar-refractivity contribution in [1.82, 2.24) is 4.57 Å². The number of para-hydroxylation sites is 1. The molecule has 0 aliphatic carbocycles. The number of aromatic nitrogens is 1. The molecule has 0 saturated heterocycles. The van der Waals surface area contributed by atoms with Crippen LogP contribution in [0, 0.1) is 0 Å². The summed E-state index contributed by atoms with van der Waals surface area (Å²) in [4.78, 5) is 0. The molecule has 3 heterocycles. The van der Waals surface area contributed by atoms with E-state index in [4.69, 9.17) is 9.47 Å². The summed E-state index contributed by atoms with van der Waals surface area (Å²) in [7, 11) is 0. The maximum Gasteiger partial charge on any atom is 0.194 e. The highest BCUT2D eigenvalue weighted by Crippen LogP contribution is 2.52. The fourth-order valence-electron chi connectivity index (χ4n) is 5.42. The second kappa shape index (κ2) is 6.90. The van der Waals surface area contributed by atoms with E-state index in [0.717, 1.165) is 68.1 Å². The monoisotopic (exact) mass is 452 g/mol. The third kappa shape index (κ3) is 2.62. The van der Waals surface area contributed by atoms with E-state index in [-0.39, 0.29) is 0 Å². The molecule has 35 heavy (non-hydrogen) atoms. The quantitative estimate of drug-likeness (QED) is 0.272. The van der Waals surface area contributed by atoms with Crippen molar-refractivity contribution >= 4 is 44.3 Å². The zero-order valence-corrected chi connectivity index (χ0v) is 18.8. The van der Waals surface area contributed by atoms with Crippen molar-refractivity contribution in [3.05, 3.63) is 103 Å². The Morgan fingerprint density at radius 3 is 2.49 bits per heavy atom. The van der Waals surface area contributed by atoms with E-state index in [1.165, 1.54) is 10.9 Å². The summed E-state index contributed by atoms with van der Waals surface area (Å²) >= 11 is 0. The van der Waals surface area contributed by atoms with Gasteiger partial charge in [-0.3, -0.25) is 0 Å². The average Bonchev–Trinajstić information content (AvgIpc) is 3.26. The number of fused-ring (bicyclic) bond motifs is 9. The highest BCUT2D eigenvalue weighted by Gasteiger charge is 2.27. The second-order valence-corrected chi connectivity index (χ2v) is 9.01. The third-order valence-corrected chi connectivity index (χ3v) is 7.02. The molecule has 8 rings (SSSR count). The Balaban J connectivity index is 1.44. The van der Waals surface area contributed by atoms with Gasteiger partial charge in [0, 0.05) is 34.1 Å². The van der Waals surface area contributed by atoms with Gasteiger partial charge < -0.3 is 19.4 Å². The molecule has 1 N–H and O–H groups in total. The number of anilines is 1. The van der Waals surface area contributed by atoms with E-state index in [9.17, 15) is 0 Å². The highest BCUT2D eigenvalue weighted by molar-refractivity contribution is 6.12. The maximum absolute atomic E-state index is 6.74. The first kappa shape index (κ1) is 18.7. The standard InChI is InChI=1S/C31H20N2O2/c1-2-8-22-19(6-1)12-15-27-30(22)35-31-28(34-27)16-14-24-23-9-3-4-10-26(23)33(29(24)31)21-13-11-20-7-5-17-32-25(20)18-21/h1-16,18,32H,17H2. The molecule has 4 nitrogen and oxygen atoms in total. The molecule has 0 radical (unpaired) electrons. The van der Waals surface area contributed by atoms with Crippen molar-refractivity contribution in [3.8, 4) is 28.7 Å². The highest BCUT2D eigenvalue weighted by atomic mass is 16.6. The van der Waals surface area contributed by atoms with Gasteiger partial charge in [-0.15, -0.1) is 0 Å². The van der Waals surface area contributed by atoms with Crippen LogP contribution in [-0.4, -0.2) is 11.1 Å². The van der Waals surface area contributed by atoms with Crippen LogP contribution in [0.25, 0.3) is 44.3 Å². The first-order valence-corrected chi connectivity index (χ1v) is 11.8. The number of rotatable bonds is 1. The van der Waals surface area contributed by atoms with Crippen molar-refractivity contribution < 1.29 is 9.47 Å². The summed E-state index contributed by atoms with van der Waals surface area (Å²) in [6.07, 6.45) is 4.31. The number of benzene rings is 5. The number of nitrogens with one attached hydrogen (secondary N) is 1. The van der Waals surface area contributed by atoms with Crippen LogP contribution in [0.15, 0.2) is 97.1 Å². The van der Waals surface area contributed by atoms with Gasteiger partial charge in [-0.25, -0.2) is 0 Å². The zero-order chi connectivity index (χ0) is 22.9. The van der Waals surface area contributed by atoms with Crippen LogP contribution in [-0.2, 0) is 0 Å². The van der Waals surface area contributed by atoms with Gasteiger partial charge in [0.15, 0.2) is 23.0 Å². The van der Waals surface area contributed by atoms with E-state index in [0.29, 0.717) is 0 Å². The molecule has 166 valence electrons. The van der Waals surface area contributed by atoms with Gasteiger partial charge in [-0.2, -0.15) is 0 Å². The largest absolute Gasteiger partial charge is 0.449 e. The molecule has 5 aromatic carbocycles. The predicted octanol–water partition coefficient (Wildman–Crippen LogP) is 8.27. The van der Waals surface area contributed by atoms with Gasteiger partial charge in [0.2, 0.25) is 0 Å². The van der Waals surface area contributed by atoms with E-state index >= 15 is 0 Å². The van der Waals surface area contributed by atoms with E-state index < -0.39 is 0 Å². The first-order chi connectivity index (χ1) is 17.3. The molecule has 4 heteroatoms. The lowest BCUT2D eigenvalue weighted by Gasteiger charge is -2.23. The van der Waals surface area contributed by atoms with Crippen LogP contribution >= 0.6 is 0 Å².